The molecule has 0 spiro atoms. The molecule has 0 aliphatic carbocycles. The van der Waals surface area contributed by atoms with Gasteiger partial charge in [-0.3, -0.25) is 9.48 Å². The van der Waals surface area contributed by atoms with Crippen molar-refractivity contribution >= 4 is 17.5 Å². The average molecular weight is 346 g/mol. The first-order valence-corrected chi connectivity index (χ1v) is 7.71. The van der Waals surface area contributed by atoms with E-state index in [1.807, 2.05) is 13.2 Å². The number of benzene rings is 1. The number of aryl methyl sites for hydroxylation is 1. The van der Waals surface area contributed by atoms with Gasteiger partial charge in [0.25, 0.3) is 5.91 Å². The van der Waals surface area contributed by atoms with Crippen LogP contribution in [0.1, 0.15) is 21.9 Å². The van der Waals surface area contributed by atoms with Crippen molar-refractivity contribution in [1.82, 2.24) is 15.1 Å². The van der Waals surface area contributed by atoms with Crippen molar-refractivity contribution in [3.8, 4) is 5.75 Å². The van der Waals surface area contributed by atoms with Crippen molar-refractivity contribution in [1.29, 1.82) is 0 Å². The Kier molecular flexibility index (Phi) is 4.86. The van der Waals surface area contributed by atoms with Gasteiger partial charge in [0, 0.05) is 30.4 Å². The third-order valence-electron chi connectivity index (χ3n) is 3.27. The highest BCUT2D eigenvalue weighted by Crippen LogP contribution is 2.19. The minimum Gasteiger partial charge on any atom is -0.486 e. The molecule has 124 valence electrons. The molecule has 2 heterocycles. The van der Waals surface area contributed by atoms with Crippen LogP contribution in [0.4, 0.5) is 0 Å². The maximum absolute atomic E-state index is 12.1. The molecular weight excluding hydrogens is 330 g/mol. The van der Waals surface area contributed by atoms with E-state index in [1.165, 1.54) is 0 Å². The van der Waals surface area contributed by atoms with Crippen molar-refractivity contribution in [3.63, 3.8) is 0 Å². The van der Waals surface area contributed by atoms with Crippen molar-refractivity contribution in [2.24, 2.45) is 7.05 Å². The van der Waals surface area contributed by atoms with E-state index < -0.39 is 0 Å². The maximum atomic E-state index is 12.1. The Morgan fingerprint density at radius 2 is 2.25 bits per heavy atom. The topological polar surface area (TPSA) is 69.3 Å². The smallest absolute Gasteiger partial charge is 0.287 e. The third-order valence-corrected chi connectivity index (χ3v) is 3.51. The molecule has 6 nitrogen and oxygen atoms in total. The monoisotopic (exact) mass is 345 g/mol. The average Bonchev–Trinajstić information content (AvgIpc) is 3.20. The molecule has 0 unspecified atom stereocenters. The number of amides is 1. The molecule has 3 rings (SSSR count). The van der Waals surface area contributed by atoms with Gasteiger partial charge in [-0.15, -0.1) is 0 Å². The zero-order valence-corrected chi connectivity index (χ0v) is 13.8. The van der Waals surface area contributed by atoms with Crippen molar-refractivity contribution < 1.29 is 13.9 Å². The molecule has 0 bridgehead atoms. The van der Waals surface area contributed by atoms with Gasteiger partial charge in [0.15, 0.2) is 5.76 Å². The lowest BCUT2D eigenvalue weighted by atomic mass is 10.3. The lowest BCUT2D eigenvalue weighted by Crippen LogP contribution is -2.22. The van der Waals surface area contributed by atoms with Crippen LogP contribution in [-0.2, 0) is 20.2 Å². The number of hydrogen-bond donors (Lipinski definition) is 1. The normalized spacial score (nSPS) is 10.6. The van der Waals surface area contributed by atoms with Crippen LogP contribution < -0.4 is 10.1 Å². The fourth-order valence-electron chi connectivity index (χ4n) is 2.12. The van der Waals surface area contributed by atoms with Crippen molar-refractivity contribution in [3.05, 3.63) is 70.9 Å². The molecule has 7 heteroatoms. The number of rotatable bonds is 6. The summed E-state index contributed by atoms with van der Waals surface area (Å²) in [6.07, 6.45) is 3.54. The van der Waals surface area contributed by atoms with Gasteiger partial charge in [-0.05, 0) is 30.3 Å². The molecule has 24 heavy (non-hydrogen) atoms. The van der Waals surface area contributed by atoms with Crippen LogP contribution in [0, 0.1) is 0 Å². The van der Waals surface area contributed by atoms with Crippen LogP contribution >= 0.6 is 11.6 Å². The van der Waals surface area contributed by atoms with Gasteiger partial charge in [0.1, 0.15) is 18.1 Å². The Bertz CT molecular complexity index is 841. The Labute approximate surface area is 144 Å². The standard InChI is InChI=1S/C17H16ClN3O3/c1-21-10-12(9-20-21)8-19-17(22)16-6-5-15(24-16)11-23-14-4-2-3-13(18)7-14/h2-7,9-10H,8,11H2,1H3,(H,19,22). The molecule has 1 amide bonds. The predicted molar refractivity (Wildman–Crippen MR) is 88.9 cm³/mol. The number of nitrogens with zero attached hydrogens (tertiary/aromatic N) is 2. The van der Waals surface area contributed by atoms with Gasteiger partial charge in [-0.1, -0.05) is 17.7 Å². The van der Waals surface area contributed by atoms with E-state index in [-0.39, 0.29) is 18.3 Å². The number of hydrogen-bond acceptors (Lipinski definition) is 4. The van der Waals surface area contributed by atoms with Crippen LogP contribution in [0.5, 0.6) is 5.75 Å². The van der Waals surface area contributed by atoms with E-state index >= 15 is 0 Å². The molecule has 0 aliphatic rings. The van der Waals surface area contributed by atoms with E-state index in [4.69, 9.17) is 20.8 Å². The fourth-order valence-corrected chi connectivity index (χ4v) is 2.30. The largest absolute Gasteiger partial charge is 0.486 e. The second-order valence-corrected chi connectivity index (χ2v) is 5.65. The van der Waals surface area contributed by atoms with Gasteiger partial charge in [-0.25, -0.2) is 0 Å². The Morgan fingerprint density at radius 1 is 1.38 bits per heavy atom. The molecule has 1 N–H and O–H groups in total. The van der Waals surface area contributed by atoms with E-state index in [1.54, 1.807) is 47.3 Å². The van der Waals surface area contributed by atoms with E-state index in [9.17, 15) is 4.79 Å². The minimum absolute atomic E-state index is 0.218. The highest BCUT2D eigenvalue weighted by molar-refractivity contribution is 6.30. The summed E-state index contributed by atoms with van der Waals surface area (Å²) in [6, 6.07) is 10.4. The first-order chi connectivity index (χ1) is 11.6. The van der Waals surface area contributed by atoms with E-state index in [0.29, 0.717) is 23.1 Å². The number of carbonyl (C=O) groups is 1. The molecule has 1 aromatic carbocycles. The van der Waals surface area contributed by atoms with Crippen molar-refractivity contribution in [2.45, 2.75) is 13.2 Å². The second-order valence-electron chi connectivity index (χ2n) is 5.22. The van der Waals surface area contributed by atoms with Crippen molar-refractivity contribution in [2.75, 3.05) is 0 Å². The summed E-state index contributed by atoms with van der Waals surface area (Å²) in [7, 11) is 1.82. The first-order valence-electron chi connectivity index (χ1n) is 7.33. The molecule has 0 fully saturated rings. The number of furan rings is 1. The molecule has 2 aromatic heterocycles. The van der Waals surface area contributed by atoms with Gasteiger partial charge < -0.3 is 14.5 Å². The van der Waals surface area contributed by atoms with Crippen LogP contribution in [-0.4, -0.2) is 15.7 Å². The quantitative estimate of drug-likeness (QED) is 0.745. The molecule has 0 aliphatic heterocycles. The summed E-state index contributed by atoms with van der Waals surface area (Å²) in [5.41, 5.74) is 0.918. The molecular formula is C17H16ClN3O3. The Hall–Kier alpha value is -2.73. The third kappa shape index (κ3) is 4.17. The summed E-state index contributed by atoms with van der Waals surface area (Å²) in [5.74, 6) is 1.15. The van der Waals surface area contributed by atoms with Crippen LogP contribution in [0.25, 0.3) is 0 Å². The lowest BCUT2D eigenvalue weighted by molar-refractivity contribution is 0.0919. The second kappa shape index (κ2) is 7.23. The number of aromatic nitrogens is 2. The van der Waals surface area contributed by atoms with Gasteiger partial charge in [-0.2, -0.15) is 5.10 Å². The summed E-state index contributed by atoms with van der Waals surface area (Å²) in [6.45, 7) is 0.609. The fraction of sp³-hybridized carbons (Fsp3) is 0.176. The maximum Gasteiger partial charge on any atom is 0.287 e. The number of carbonyl (C=O) groups excluding carboxylic acids is 1. The SMILES string of the molecule is Cn1cc(CNC(=O)c2ccc(COc3cccc(Cl)c3)o2)cn1. The molecule has 0 atom stereocenters. The first kappa shape index (κ1) is 16.1. The lowest BCUT2D eigenvalue weighted by Gasteiger charge is -2.04. The van der Waals surface area contributed by atoms with Gasteiger partial charge in [0.2, 0.25) is 0 Å². The van der Waals surface area contributed by atoms with Crippen LogP contribution in [0.2, 0.25) is 5.02 Å². The Balaban J connectivity index is 1.53. The van der Waals surface area contributed by atoms with Crippen LogP contribution in [0.3, 0.4) is 0 Å². The minimum atomic E-state index is -0.284. The number of ether oxygens (including phenoxy) is 1. The van der Waals surface area contributed by atoms with Crippen LogP contribution in [0.15, 0.2) is 53.2 Å². The number of halogens is 1. The number of nitrogens with one attached hydrogen (secondary N) is 1. The molecule has 0 saturated heterocycles. The summed E-state index contributed by atoms with van der Waals surface area (Å²) in [4.78, 5) is 12.1. The highest BCUT2D eigenvalue weighted by atomic mass is 35.5. The Morgan fingerprint density at radius 3 is 3.00 bits per heavy atom. The molecule has 3 aromatic rings. The predicted octanol–water partition coefficient (Wildman–Crippen LogP) is 3.18. The highest BCUT2D eigenvalue weighted by Gasteiger charge is 2.11. The molecule has 0 radical (unpaired) electrons. The molecule has 0 saturated carbocycles. The van der Waals surface area contributed by atoms with E-state index in [2.05, 4.69) is 10.4 Å². The van der Waals surface area contributed by atoms with E-state index in [0.717, 1.165) is 5.56 Å². The summed E-state index contributed by atoms with van der Waals surface area (Å²) in [5, 5.41) is 7.43. The van der Waals surface area contributed by atoms with Gasteiger partial charge >= 0.3 is 0 Å². The van der Waals surface area contributed by atoms with Gasteiger partial charge in [0.05, 0.1) is 6.20 Å². The summed E-state index contributed by atoms with van der Waals surface area (Å²) >= 11 is 5.90. The summed E-state index contributed by atoms with van der Waals surface area (Å²) < 4.78 is 12.8. The zero-order valence-electron chi connectivity index (χ0n) is 13.0. The zero-order chi connectivity index (χ0) is 16.9.